The molecule has 0 aromatic heterocycles. The molecule has 4 nitrogen and oxygen atoms in total. The van der Waals surface area contributed by atoms with Crippen LogP contribution in [-0.4, -0.2) is 17.9 Å². The van der Waals surface area contributed by atoms with E-state index in [4.69, 9.17) is 5.73 Å². The third kappa shape index (κ3) is 4.49. The second-order valence-corrected chi connectivity index (χ2v) is 2.82. The zero-order valence-electron chi connectivity index (χ0n) is 7.39. The van der Waals surface area contributed by atoms with Crippen LogP contribution in [0.15, 0.2) is 12.2 Å². The Kier molecular flexibility index (Phi) is 4.04. The van der Waals surface area contributed by atoms with Gasteiger partial charge in [0.05, 0.1) is 0 Å². The smallest absolute Gasteiger partial charge is 0.240 e. The minimum absolute atomic E-state index is 0.264. The van der Waals surface area contributed by atoms with Gasteiger partial charge in [-0.2, -0.15) is 0 Å². The molecule has 0 aromatic rings. The van der Waals surface area contributed by atoms with Crippen molar-refractivity contribution in [3.8, 4) is 0 Å². The highest BCUT2D eigenvalue weighted by Crippen LogP contribution is 2.00. The molecule has 0 aromatic carbocycles. The van der Waals surface area contributed by atoms with Gasteiger partial charge in [-0.25, -0.2) is 0 Å². The van der Waals surface area contributed by atoms with Gasteiger partial charge in [-0.15, -0.1) is 6.58 Å². The Labute approximate surface area is 71.8 Å². The minimum atomic E-state index is -0.625. The lowest BCUT2D eigenvalue weighted by molar-refractivity contribution is -0.126. The molecule has 0 rings (SSSR count). The molecule has 0 heterocycles. The van der Waals surface area contributed by atoms with Crippen LogP contribution in [-0.2, 0) is 9.59 Å². The van der Waals surface area contributed by atoms with Crippen LogP contribution in [0.4, 0.5) is 0 Å². The average molecular weight is 170 g/mol. The molecule has 0 aliphatic heterocycles. The number of primary amides is 1. The fourth-order valence-corrected chi connectivity index (χ4v) is 0.817. The van der Waals surface area contributed by atoms with Crippen LogP contribution < -0.4 is 11.1 Å². The maximum atomic E-state index is 10.7. The van der Waals surface area contributed by atoms with Gasteiger partial charge in [0.2, 0.25) is 11.8 Å². The van der Waals surface area contributed by atoms with Gasteiger partial charge in [-0.3, -0.25) is 9.59 Å². The molecule has 68 valence electrons. The van der Waals surface area contributed by atoms with E-state index in [0.29, 0.717) is 6.42 Å². The Morgan fingerprint density at radius 2 is 2.00 bits per heavy atom. The summed E-state index contributed by atoms with van der Waals surface area (Å²) in [6.07, 6.45) is 0.398. The first-order valence-corrected chi connectivity index (χ1v) is 3.64. The number of amides is 2. The molecule has 0 fully saturated rings. The van der Waals surface area contributed by atoms with E-state index < -0.39 is 11.9 Å². The van der Waals surface area contributed by atoms with E-state index in [1.54, 1.807) is 6.92 Å². The van der Waals surface area contributed by atoms with Gasteiger partial charge in [-0.05, 0) is 13.3 Å². The molecule has 0 radical (unpaired) electrons. The maximum Gasteiger partial charge on any atom is 0.240 e. The monoisotopic (exact) mass is 170 g/mol. The normalized spacial score (nSPS) is 11.8. The van der Waals surface area contributed by atoms with Crippen molar-refractivity contribution >= 4 is 11.8 Å². The summed E-state index contributed by atoms with van der Waals surface area (Å²) in [4.78, 5) is 21.3. The number of rotatable bonds is 4. The van der Waals surface area contributed by atoms with E-state index in [1.807, 2.05) is 0 Å². The molecule has 0 saturated carbocycles. The maximum absolute atomic E-state index is 10.7. The van der Waals surface area contributed by atoms with Crippen LogP contribution in [0.25, 0.3) is 0 Å². The predicted octanol–water partition coefficient (Wildman–Crippen LogP) is -0.0574. The number of nitrogens with two attached hydrogens (primary N) is 1. The van der Waals surface area contributed by atoms with E-state index >= 15 is 0 Å². The zero-order chi connectivity index (χ0) is 9.72. The molecular formula is C8H14N2O2. The third-order valence-electron chi connectivity index (χ3n) is 1.27. The van der Waals surface area contributed by atoms with Gasteiger partial charge in [0.15, 0.2) is 0 Å². The Morgan fingerprint density at radius 1 is 1.50 bits per heavy atom. The van der Waals surface area contributed by atoms with E-state index in [0.717, 1.165) is 5.57 Å². The van der Waals surface area contributed by atoms with Gasteiger partial charge in [0.1, 0.15) is 6.04 Å². The van der Waals surface area contributed by atoms with Crippen LogP contribution in [0.5, 0.6) is 0 Å². The summed E-state index contributed by atoms with van der Waals surface area (Å²) in [6, 6.07) is -0.625. The highest BCUT2D eigenvalue weighted by atomic mass is 16.2. The molecule has 2 amide bonds. The van der Waals surface area contributed by atoms with Gasteiger partial charge in [0.25, 0.3) is 0 Å². The summed E-state index contributed by atoms with van der Waals surface area (Å²) in [5.41, 5.74) is 5.85. The molecule has 3 N–H and O–H groups in total. The Hall–Kier alpha value is -1.32. The lowest BCUT2D eigenvalue weighted by Crippen LogP contribution is -2.43. The third-order valence-corrected chi connectivity index (χ3v) is 1.27. The fourth-order valence-electron chi connectivity index (χ4n) is 0.817. The molecule has 0 bridgehead atoms. The lowest BCUT2D eigenvalue weighted by atomic mass is 10.1. The highest BCUT2D eigenvalue weighted by Gasteiger charge is 2.15. The molecular weight excluding hydrogens is 156 g/mol. The van der Waals surface area contributed by atoms with Crippen molar-refractivity contribution in [2.24, 2.45) is 5.73 Å². The number of hydrogen-bond donors (Lipinski definition) is 2. The Bertz CT molecular complexity index is 195. The van der Waals surface area contributed by atoms with Crippen molar-refractivity contribution in [2.45, 2.75) is 26.3 Å². The molecule has 0 saturated heterocycles. The van der Waals surface area contributed by atoms with Crippen molar-refractivity contribution in [3.05, 3.63) is 12.2 Å². The molecule has 1 atom stereocenters. The van der Waals surface area contributed by atoms with Crippen molar-refractivity contribution in [2.75, 3.05) is 0 Å². The van der Waals surface area contributed by atoms with E-state index in [9.17, 15) is 9.59 Å². The Balaban J connectivity index is 4.14. The predicted molar refractivity (Wildman–Crippen MR) is 46.2 cm³/mol. The van der Waals surface area contributed by atoms with Gasteiger partial charge >= 0.3 is 0 Å². The van der Waals surface area contributed by atoms with Gasteiger partial charge in [0, 0.05) is 6.92 Å². The largest absolute Gasteiger partial charge is 0.368 e. The van der Waals surface area contributed by atoms with Crippen molar-refractivity contribution in [3.63, 3.8) is 0 Å². The summed E-state index contributed by atoms with van der Waals surface area (Å²) in [6.45, 7) is 6.74. The number of nitrogens with one attached hydrogen (secondary N) is 1. The number of carbonyl (C=O) groups excluding carboxylic acids is 2. The molecule has 0 spiro atoms. The van der Waals surface area contributed by atoms with Crippen LogP contribution in [0, 0.1) is 0 Å². The summed E-state index contributed by atoms with van der Waals surface area (Å²) in [5, 5.41) is 2.44. The molecule has 0 aliphatic carbocycles. The lowest BCUT2D eigenvalue weighted by Gasteiger charge is -2.13. The summed E-state index contributed by atoms with van der Waals surface area (Å²) in [5.74, 6) is -0.798. The first kappa shape index (κ1) is 10.7. The quantitative estimate of drug-likeness (QED) is 0.580. The zero-order valence-corrected chi connectivity index (χ0v) is 7.39. The molecule has 12 heavy (non-hydrogen) atoms. The molecule has 0 aliphatic rings. The topological polar surface area (TPSA) is 72.2 Å². The number of hydrogen-bond acceptors (Lipinski definition) is 2. The fraction of sp³-hybridized carbons (Fsp3) is 0.500. The van der Waals surface area contributed by atoms with Crippen LogP contribution in [0.2, 0.25) is 0 Å². The minimum Gasteiger partial charge on any atom is -0.368 e. The van der Waals surface area contributed by atoms with Gasteiger partial charge in [-0.1, -0.05) is 5.57 Å². The van der Waals surface area contributed by atoms with Crippen LogP contribution in [0.1, 0.15) is 20.3 Å². The molecule has 4 heteroatoms. The standard InChI is InChI=1S/C8H14N2O2/c1-5(2)4-7(8(9)12)10-6(3)11/h7H,1,4H2,2-3H3,(H2,9,12)(H,10,11)/t7-/m0/s1. The van der Waals surface area contributed by atoms with Crippen LogP contribution in [0.3, 0.4) is 0 Å². The first-order valence-electron chi connectivity index (χ1n) is 3.64. The van der Waals surface area contributed by atoms with E-state index in [2.05, 4.69) is 11.9 Å². The second kappa shape index (κ2) is 4.54. The summed E-state index contributed by atoms with van der Waals surface area (Å²) >= 11 is 0. The van der Waals surface area contributed by atoms with Crippen LogP contribution >= 0.6 is 0 Å². The SMILES string of the molecule is C=C(C)C[C@H](NC(C)=O)C(N)=O. The summed E-state index contributed by atoms with van der Waals surface area (Å²) < 4.78 is 0. The Morgan fingerprint density at radius 3 is 2.25 bits per heavy atom. The second-order valence-electron chi connectivity index (χ2n) is 2.82. The van der Waals surface area contributed by atoms with Crippen molar-refractivity contribution < 1.29 is 9.59 Å². The summed E-state index contributed by atoms with van der Waals surface area (Å²) in [7, 11) is 0. The van der Waals surface area contributed by atoms with Crippen molar-refractivity contribution in [1.29, 1.82) is 0 Å². The first-order chi connectivity index (χ1) is 5.43. The van der Waals surface area contributed by atoms with E-state index in [-0.39, 0.29) is 5.91 Å². The van der Waals surface area contributed by atoms with E-state index in [1.165, 1.54) is 6.92 Å². The highest BCUT2D eigenvalue weighted by molar-refractivity contribution is 5.85. The molecule has 0 unspecified atom stereocenters. The van der Waals surface area contributed by atoms with Gasteiger partial charge < -0.3 is 11.1 Å². The average Bonchev–Trinajstić information content (AvgIpc) is 1.83. The number of carbonyl (C=O) groups is 2. The van der Waals surface area contributed by atoms with Crippen molar-refractivity contribution in [1.82, 2.24) is 5.32 Å².